The standard InChI is InChI=1S/C17H28O6/c1-3-5-7-10-14(18)22-16(20)12-9-13-17(21)23-15(19)11-8-6-4-2/h3-13H2,1-2H3. The van der Waals surface area contributed by atoms with Crippen LogP contribution in [0.5, 0.6) is 0 Å². The molecular weight excluding hydrogens is 300 g/mol. The zero-order valence-corrected chi connectivity index (χ0v) is 14.2. The van der Waals surface area contributed by atoms with E-state index < -0.39 is 23.9 Å². The second-order valence-corrected chi connectivity index (χ2v) is 5.46. The largest absolute Gasteiger partial charge is 0.393 e. The van der Waals surface area contributed by atoms with Crippen molar-refractivity contribution in [2.24, 2.45) is 0 Å². The molecular formula is C17H28O6. The summed E-state index contributed by atoms with van der Waals surface area (Å²) < 4.78 is 9.26. The second-order valence-electron chi connectivity index (χ2n) is 5.46. The van der Waals surface area contributed by atoms with Crippen molar-refractivity contribution in [3.63, 3.8) is 0 Å². The maximum absolute atomic E-state index is 11.4. The summed E-state index contributed by atoms with van der Waals surface area (Å²) in [6.07, 6.45) is 5.79. The lowest BCUT2D eigenvalue weighted by atomic mass is 10.2. The van der Waals surface area contributed by atoms with Crippen molar-refractivity contribution in [1.82, 2.24) is 0 Å². The van der Waals surface area contributed by atoms with Gasteiger partial charge in [-0.2, -0.15) is 0 Å². The molecule has 0 radical (unpaired) electrons. The molecule has 23 heavy (non-hydrogen) atoms. The van der Waals surface area contributed by atoms with Gasteiger partial charge in [-0.05, 0) is 19.3 Å². The summed E-state index contributed by atoms with van der Waals surface area (Å²) in [4.78, 5) is 45.4. The lowest BCUT2D eigenvalue weighted by molar-refractivity contribution is -0.159. The van der Waals surface area contributed by atoms with Crippen molar-refractivity contribution in [2.75, 3.05) is 0 Å². The quantitative estimate of drug-likeness (QED) is 0.310. The lowest BCUT2D eigenvalue weighted by Crippen LogP contribution is -2.14. The molecule has 0 rings (SSSR count). The Balaban J connectivity index is 3.71. The first kappa shape index (κ1) is 21.3. The van der Waals surface area contributed by atoms with Crippen molar-refractivity contribution in [3.8, 4) is 0 Å². The zero-order valence-electron chi connectivity index (χ0n) is 14.2. The Labute approximate surface area is 137 Å². The van der Waals surface area contributed by atoms with E-state index >= 15 is 0 Å². The van der Waals surface area contributed by atoms with Crippen LogP contribution in [0.4, 0.5) is 0 Å². The average Bonchev–Trinajstić information content (AvgIpc) is 2.47. The minimum atomic E-state index is -0.645. The number of carbonyl (C=O) groups excluding carboxylic acids is 4. The van der Waals surface area contributed by atoms with Crippen LogP contribution >= 0.6 is 0 Å². The molecule has 0 N–H and O–H groups in total. The molecule has 0 saturated carbocycles. The first-order valence-corrected chi connectivity index (χ1v) is 8.46. The lowest BCUT2D eigenvalue weighted by Gasteiger charge is -2.04. The summed E-state index contributed by atoms with van der Waals surface area (Å²) >= 11 is 0. The van der Waals surface area contributed by atoms with Crippen LogP contribution in [0.2, 0.25) is 0 Å². The Bertz CT molecular complexity index is 353. The van der Waals surface area contributed by atoms with E-state index in [0.29, 0.717) is 12.8 Å². The average molecular weight is 328 g/mol. The van der Waals surface area contributed by atoms with Crippen molar-refractivity contribution in [2.45, 2.75) is 84.5 Å². The van der Waals surface area contributed by atoms with Crippen LogP contribution < -0.4 is 0 Å². The molecule has 0 aliphatic rings. The number of hydrogen-bond acceptors (Lipinski definition) is 6. The van der Waals surface area contributed by atoms with Gasteiger partial charge in [0.2, 0.25) is 0 Å². The first-order valence-electron chi connectivity index (χ1n) is 8.46. The predicted octanol–water partition coefficient (Wildman–Crippen LogP) is 3.46. The molecule has 6 nitrogen and oxygen atoms in total. The molecule has 0 aliphatic heterocycles. The van der Waals surface area contributed by atoms with Gasteiger partial charge in [-0.1, -0.05) is 39.5 Å². The molecule has 0 amide bonds. The molecule has 6 heteroatoms. The number of rotatable bonds is 12. The van der Waals surface area contributed by atoms with Crippen LogP contribution in [0.25, 0.3) is 0 Å². The van der Waals surface area contributed by atoms with Crippen LogP contribution in [0.1, 0.15) is 84.5 Å². The summed E-state index contributed by atoms with van der Waals surface area (Å²) in [5.74, 6) is -2.35. The van der Waals surface area contributed by atoms with Gasteiger partial charge in [-0.15, -0.1) is 0 Å². The van der Waals surface area contributed by atoms with E-state index in [1.165, 1.54) is 0 Å². The summed E-state index contributed by atoms with van der Waals surface area (Å²) in [6, 6.07) is 0. The van der Waals surface area contributed by atoms with E-state index in [0.717, 1.165) is 25.7 Å². The second kappa shape index (κ2) is 13.9. The van der Waals surface area contributed by atoms with E-state index in [1.807, 2.05) is 13.8 Å². The third-order valence-corrected chi connectivity index (χ3v) is 3.19. The van der Waals surface area contributed by atoms with Crippen LogP contribution in [-0.2, 0) is 28.7 Å². The molecule has 0 unspecified atom stereocenters. The van der Waals surface area contributed by atoms with E-state index in [1.54, 1.807) is 0 Å². The molecule has 0 aromatic carbocycles. The fourth-order valence-corrected chi connectivity index (χ4v) is 1.87. The van der Waals surface area contributed by atoms with Crippen LogP contribution in [0.3, 0.4) is 0 Å². The molecule has 0 bridgehead atoms. The van der Waals surface area contributed by atoms with Gasteiger partial charge in [0.25, 0.3) is 0 Å². The SMILES string of the molecule is CCCCCC(=O)OC(=O)CCCC(=O)OC(=O)CCCCC. The first-order chi connectivity index (χ1) is 11.0. The van der Waals surface area contributed by atoms with Crippen LogP contribution in [-0.4, -0.2) is 23.9 Å². The summed E-state index contributed by atoms with van der Waals surface area (Å²) in [6.45, 7) is 4.04. The Morgan fingerprint density at radius 2 is 0.826 bits per heavy atom. The van der Waals surface area contributed by atoms with Crippen molar-refractivity contribution in [3.05, 3.63) is 0 Å². The highest BCUT2D eigenvalue weighted by Gasteiger charge is 2.13. The molecule has 0 spiro atoms. The number of esters is 4. The Morgan fingerprint density at radius 3 is 1.13 bits per heavy atom. The van der Waals surface area contributed by atoms with E-state index in [4.69, 9.17) is 0 Å². The Kier molecular flexibility index (Phi) is 12.9. The Hall–Kier alpha value is -1.72. The smallest absolute Gasteiger partial charge is 0.313 e. The number of hydrogen-bond donors (Lipinski definition) is 0. The molecule has 0 aliphatic carbocycles. The highest BCUT2D eigenvalue weighted by Crippen LogP contribution is 2.06. The number of unbranched alkanes of at least 4 members (excludes halogenated alkanes) is 4. The van der Waals surface area contributed by atoms with Gasteiger partial charge >= 0.3 is 23.9 Å². The van der Waals surface area contributed by atoms with Gasteiger partial charge in [-0.25, -0.2) is 0 Å². The molecule has 0 aromatic heterocycles. The van der Waals surface area contributed by atoms with Gasteiger partial charge in [0.15, 0.2) is 0 Å². The molecule has 0 fully saturated rings. The molecule has 132 valence electrons. The normalized spacial score (nSPS) is 10.2. The number of carbonyl (C=O) groups is 4. The van der Waals surface area contributed by atoms with Gasteiger partial charge in [0.05, 0.1) is 0 Å². The maximum Gasteiger partial charge on any atom is 0.313 e. The van der Waals surface area contributed by atoms with Gasteiger partial charge in [0.1, 0.15) is 0 Å². The third kappa shape index (κ3) is 13.7. The van der Waals surface area contributed by atoms with Crippen LogP contribution in [0.15, 0.2) is 0 Å². The topological polar surface area (TPSA) is 86.7 Å². The molecule has 0 atom stereocenters. The third-order valence-electron chi connectivity index (χ3n) is 3.19. The summed E-state index contributed by atoms with van der Waals surface area (Å²) in [7, 11) is 0. The minimum absolute atomic E-state index is 0.0430. The van der Waals surface area contributed by atoms with E-state index in [-0.39, 0.29) is 32.1 Å². The van der Waals surface area contributed by atoms with E-state index in [9.17, 15) is 19.2 Å². The Morgan fingerprint density at radius 1 is 0.522 bits per heavy atom. The highest BCUT2D eigenvalue weighted by atomic mass is 16.6. The molecule has 0 aromatic rings. The fourth-order valence-electron chi connectivity index (χ4n) is 1.87. The van der Waals surface area contributed by atoms with E-state index in [2.05, 4.69) is 9.47 Å². The number of ether oxygens (including phenoxy) is 2. The van der Waals surface area contributed by atoms with Gasteiger partial charge in [0, 0.05) is 25.7 Å². The van der Waals surface area contributed by atoms with Crippen molar-refractivity contribution < 1.29 is 28.7 Å². The highest BCUT2D eigenvalue weighted by molar-refractivity contribution is 5.87. The maximum atomic E-state index is 11.4. The molecule has 0 saturated heterocycles. The summed E-state index contributed by atoms with van der Waals surface area (Å²) in [5.41, 5.74) is 0. The van der Waals surface area contributed by atoms with Crippen LogP contribution in [0, 0.1) is 0 Å². The zero-order chi connectivity index (χ0) is 17.5. The van der Waals surface area contributed by atoms with Gasteiger partial charge in [-0.3, -0.25) is 19.2 Å². The summed E-state index contributed by atoms with van der Waals surface area (Å²) in [5, 5.41) is 0. The predicted molar refractivity (Wildman–Crippen MR) is 84.3 cm³/mol. The fraction of sp³-hybridized carbons (Fsp3) is 0.765. The van der Waals surface area contributed by atoms with Gasteiger partial charge < -0.3 is 9.47 Å². The molecule has 0 heterocycles. The minimum Gasteiger partial charge on any atom is -0.393 e. The van der Waals surface area contributed by atoms with Crippen molar-refractivity contribution >= 4 is 23.9 Å². The monoisotopic (exact) mass is 328 g/mol. The van der Waals surface area contributed by atoms with Crippen molar-refractivity contribution in [1.29, 1.82) is 0 Å².